The summed E-state index contributed by atoms with van der Waals surface area (Å²) in [7, 11) is 0. The van der Waals surface area contributed by atoms with Gasteiger partial charge >= 0.3 is 0 Å². The number of likely N-dealkylation sites (tertiary alicyclic amines) is 1. The third-order valence-corrected chi connectivity index (χ3v) is 6.13. The average Bonchev–Trinajstić information content (AvgIpc) is 2.98. The second-order valence-electron chi connectivity index (χ2n) is 7.84. The zero-order chi connectivity index (χ0) is 19.6. The first-order valence-electron chi connectivity index (χ1n) is 10.1. The van der Waals surface area contributed by atoms with Crippen LogP contribution >= 0.6 is 0 Å². The summed E-state index contributed by atoms with van der Waals surface area (Å²) in [5, 5.41) is 3.71. The molecule has 1 N–H and O–H groups in total. The molecule has 2 aliphatic heterocycles. The Bertz CT molecular complexity index is 881. The van der Waals surface area contributed by atoms with Gasteiger partial charge in [0.25, 0.3) is 0 Å². The van der Waals surface area contributed by atoms with E-state index in [0.29, 0.717) is 0 Å². The van der Waals surface area contributed by atoms with Gasteiger partial charge in [0.15, 0.2) is 0 Å². The molecule has 0 saturated carbocycles. The van der Waals surface area contributed by atoms with Crippen LogP contribution in [0.3, 0.4) is 0 Å². The first kappa shape index (κ1) is 18.7. The predicted octanol–water partition coefficient (Wildman–Crippen LogP) is 2.12. The van der Waals surface area contributed by atoms with Gasteiger partial charge in [0, 0.05) is 37.5 Å². The number of aromatic nitrogens is 2. The number of rotatable bonds is 3. The van der Waals surface area contributed by atoms with Crippen LogP contribution in [0.2, 0.25) is 0 Å². The number of carbonyl (C=O) groups is 2. The molecule has 1 atom stereocenters. The number of hydrogen-bond acceptors (Lipinski definition) is 5. The van der Waals surface area contributed by atoms with Gasteiger partial charge in [0.1, 0.15) is 12.1 Å². The smallest absolute Gasteiger partial charge is 0.241 e. The van der Waals surface area contributed by atoms with Crippen LogP contribution < -0.4 is 10.2 Å². The Morgan fingerprint density at radius 1 is 1.07 bits per heavy atom. The molecule has 3 heterocycles. The molecule has 2 saturated heterocycles. The number of anilines is 1. The van der Waals surface area contributed by atoms with Crippen LogP contribution in [0, 0.1) is 0 Å². The van der Waals surface area contributed by atoms with Crippen molar-refractivity contribution in [2.45, 2.75) is 44.6 Å². The van der Waals surface area contributed by atoms with Gasteiger partial charge in [-0.05, 0) is 44.2 Å². The second-order valence-corrected chi connectivity index (χ2v) is 7.84. The molecule has 1 unspecified atom stereocenters. The standard InChI is InChI=1S/C21H27N5O2/c1-16(27)22-14-19(28)25-11-4-8-21(10-13-25)9-5-12-26(21)20-17-6-2-3-7-18(17)23-15-24-20/h2-3,6-7,15H,4-5,8-14H2,1H3,(H,22,27). The van der Waals surface area contributed by atoms with E-state index in [2.05, 4.69) is 26.3 Å². The van der Waals surface area contributed by atoms with Gasteiger partial charge < -0.3 is 15.1 Å². The highest BCUT2D eigenvalue weighted by molar-refractivity contribution is 5.89. The summed E-state index contributed by atoms with van der Waals surface area (Å²) in [6.07, 6.45) is 6.86. The number of nitrogens with zero attached hydrogens (tertiary/aromatic N) is 4. The quantitative estimate of drug-likeness (QED) is 0.881. The minimum Gasteiger partial charge on any atom is -0.350 e. The average molecular weight is 381 g/mol. The van der Waals surface area contributed by atoms with E-state index in [4.69, 9.17) is 0 Å². The molecular formula is C21H27N5O2. The van der Waals surface area contributed by atoms with E-state index < -0.39 is 0 Å². The monoisotopic (exact) mass is 381 g/mol. The largest absolute Gasteiger partial charge is 0.350 e. The Labute approximate surface area is 165 Å². The molecule has 0 aliphatic carbocycles. The summed E-state index contributed by atoms with van der Waals surface area (Å²) >= 11 is 0. The van der Waals surface area contributed by atoms with Crippen molar-refractivity contribution in [2.75, 3.05) is 31.1 Å². The van der Waals surface area contributed by atoms with E-state index in [0.717, 1.165) is 68.5 Å². The van der Waals surface area contributed by atoms with Crippen molar-refractivity contribution < 1.29 is 9.59 Å². The zero-order valence-corrected chi connectivity index (χ0v) is 16.4. The van der Waals surface area contributed by atoms with Gasteiger partial charge in [-0.1, -0.05) is 12.1 Å². The summed E-state index contributed by atoms with van der Waals surface area (Å²) in [4.78, 5) is 37.0. The Morgan fingerprint density at radius 3 is 2.68 bits per heavy atom. The van der Waals surface area contributed by atoms with Crippen LogP contribution in [-0.4, -0.2) is 58.4 Å². The summed E-state index contributed by atoms with van der Waals surface area (Å²) in [5.74, 6) is 0.850. The number of fused-ring (bicyclic) bond motifs is 1. The van der Waals surface area contributed by atoms with E-state index in [1.807, 2.05) is 23.1 Å². The van der Waals surface area contributed by atoms with Crippen molar-refractivity contribution in [1.82, 2.24) is 20.2 Å². The molecule has 28 heavy (non-hydrogen) atoms. The van der Waals surface area contributed by atoms with Crippen LogP contribution in [0.25, 0.3) is 10.9 Å². The van der Waals surface area contributed by atoms with Crippen molar-refractivity contribution in [2.24, 2.45) is 0 Å². The van der Waals surface area contributed by atoms with Gasteiger partial charge in [-0.2, -0.15) is 0 Å². The Morgan fingerprint density at radius 2 is 1.86 bits per heavy atom. The number of para-hydroxylation sites is 1. The van der Waals surface area contributed by atoms with Crippen molar-refractivity contribution in [1.29, 1.82) is 0 Å². The number of nitrogens with one attached hydrogen (secondary N) is 1. The summed E-state index contributed by atoms with van der Waals surface area (Å²) in [6, 6.07) is 8.16. The maximum atomic E-state index is 12.5. The molecular weight excluding hydrogens is 354 g/mol. The molecule has 7 heteroatoms. The highest BCUT2D eigenvalue weighted by atomic mass is 16.2. The molecule has 0 radical (unpaired) electrons. The Balaban J connectivity index is 1.55. The van der Waals surface area contributed by atoms with Gasteiger partial charge in [0.2, 0.25) is 11.8 Å². The molecule has 1 aromatic heterocycles. The number of hydrogen-bond donors (Lipinski definition) is 1. The topological polar surface area (TPSA) is 78.4 Å². The third-order valence-electron chi connectivity index (χ3n) is 6.13. The molecule has 2 aromatic rings. The lowest BCUT2D eigenvalue weighted by atomic mass is 9.87. The maximum Gasteiger partial charge on any atom is 0.241 e. The SMILES string of the molecule is CC(=O)NCC(=O)N1CCCC2(CCCN2c2ncnc3ccccc23)CC1. The molecule has 1 spiro atoms. The summed E-state index contributed by atoms with van der Waals surface area (Å²) in [5.41, 5.74) is 1.01. The fraction of sp³-hybridized carbons (Fsp3) is 0.524. The molecule has 2 fully saturated rings. The molecule has 148 valence electrons. The second kappa shape index (κ2) is 7.73. The van der Waals surface area contributed by atoms with Crippen molar-refractivity contribution >= 4 is 28.5 Å². The summed E-state index contributed by atoms with van der Waals surface area (Å²) < 4.78 is 0. The van der Waals surface area contributed by atoms with Crippen LogP contribution in [-0.2, 0) is 9.59 Å². The lowest BCUT2D eigenvalue weighted by Gasteiger charge is -2.39. The van der Waals surface area contributed by atoms with Crippen LogP contribution in [0.5, 0.6) is 0 Å². The van der Waals surface area contributed by atoms with E-state index in [1.54, 1.807) is 6.33 Å². The molecule has 2 aliphatic rings. The van der Waals surface area contributed by atoms with Gasteiger partial charge in [0.05, 0.1) is 12.1 Å². The van der Waals surface area contributed by atoms with Crippen LogP contribution in [0.15, 0.2) is 30.6 Å². The lowest BCUT2D eigenvalue weighted by Crippen LogP contribution is -2.46. The minimum atomic E-state index is -0.169. The fourth-order valence-electron chi connectivity index (χ4n) is 4.73. The Hall–Kier alpha value is -2.70. The van der Waals surface area contributed by atoms with Crippen molar-refractivity contribution in [3.63, 3.8) is 0 Å². The van der Waals surface area contributed by atoms with E-state index >= 15 is 0 Å². The van der Waals surface area contributed by atoms with Crippen LogP contribution in [0.1, 0.15) is 39.0 Å². The lowest BCUT2D eigenvalue weighted by molar-refractivity contribution is -0.132. The number of amides is 2. The molecule has 2 amide bonds. The molecule has 1 aromatic carbocycles. The highest BCUT2D eigenvalue weighted by Gasteiger charge is 2.43. The van der Waals surface area contributed by atoms with E-state index in [9.17, 15) is 9.59 Å². The minimum absolute atomic E-state index is 0.00397. The third kappa shape index (κ3) is 3.53. The van der Waals surface area contributed by atoms with Gasteiger partial charge in [-0.3, -0.25) is 9.59 Å². The van der Waals surface area contributed by atoms with Gasteiger partial charge in [-0.25, -0.2) is 9.97 Å². The normalized spacial score (nSPS) is 22.5. The zero-order valence-electron chi connectivity index (χ0n) is 16.4. The van der Waals surface area contributed by atoms with Crippen molar-refractivity contribution in [3.8, 4) is 0 Å². The molecule has 0 bridgehead atoms. The van der Waals surface area contributed by atoms with E-state index in [1.165, 1.54) is 6.92 Å². The maximum absolute atomic E-state index is 12.5. The van der Waals surface area contributed by atoms with Crippen LogP contribution in [0.4, 0.5) is 5.82 Å². The Kier molecular flexibility index (Phi) is 5.15. The van der Waals surface area contributed by atoms with Gasteiger partial charge in [-0.15, -0.1) is 0 Å². The summed E-state index contributed by atoms with van der Waals surface area (Å²) in [6.45, 7) is 3.98. The van der Waals surface area contributed by atoms with E-state index in [-0.39, 0.29) is 23.9 Å². The van der Waals surface area contributed by atoms with Crippen molar-refractivity contribution in [3.05, 3.63) is 30.6 Å². The number of carbonyl (C=O) groups excluding carboxylic acids is 2. The molecule has 7 nitrogen and oxygen atoms in total. The highest BCUT2D eigenvalue weighted by Crippen LogP contribution is 2.42. The number of benzene rings is 1. The first-order valence-corrected chi connectivity index (χ1v) is 10.1. The predicted molar refractivity (Wildman–Crippen MR) is 108 cm³/mol. The molecule has 4 rings (SSSR count). The first-order chi connectivity index (χ1) is 13.6. The fourth-order valence-corrected chi connectivity index (χ4v) is 4.73.